The molecule has 4 rings (SSSR count). The van der Waals surface area contributed by atoms with Gasteiger partial charge in [-0.2, -0.15) is 0 Å². The van der Waals surface area contributed by atoms with E-state index in [1.54, 1.807) is 36.4 Å². The number of thiocarbonyl (C=S) groups is 1. The molecule has 2 amide bonds. The quantitative estimate of drug-likeness (QED) is 0.331. The summed E-state index contributed by atoms with van der Waals surface area (Å²) in [5, 5.41) is 12.0. The number of carbonyl (C=O) groups excluding carboxylic acids is 2. The van der Waals surface area contributed by atoms with E-state index >= 15 is 0 Å². The predicted molar refractivity (Wildman–Crippen MR) is 130 cm³/mol. The van der Waals surface area contributed by atoms with Crippen molar-refractivity contribution in [3.05, 3.63) is 87.7 Å². The average Bonchev–Trinajstić information content (AvgIpc) is 3.05. The third-order valence-corrected chi connectivity index (χ3v) is 5.94. The van der Waals surface area contributed by atoms with Crippen LogP contribution in [0, 0.1) is 13.8 Å². The number of carboxylic acid groups (broad SMARTS) is 1. The monoisotopic (exact) mass is 479 g/mol. The molecule has 0 radical (unpaired) electrons. The number of aromatic carboxylic acids is 1. The summed E-state index contributed by atoms with van der Waals surface area (Å²) in [6.07, 6.45) is 1.52. The van der Waals surface area contributed by atoms with Gasteiger partial charge in [0.2, 0.25) is 0 Å². The standard InChI is InChI=1S/C24H18ClN3O4S/c1-13-11-16(14(2)27(13)17-9-7-15(8-10-17)23(31)32)12-18-21(29)26-24(33)28(22(18)30)20-6-4-3-5-19(20)25/h3-12H,1-2H3,(H,31,32)(H,26,29,33). The van der Waals surface area contributed by atoms with E-state index in [1.807, 2.05) is 24.5 Å². The number of rotatable bonds is 4. The lowest BCUT2D eigenvalue weighted by Crippen LogP contribution is -2.54. The molecule has 1 saturated heterocycles. The van der Waals surface area contributed by atoms with Gasteiger partial charge in [0.25, 0.3) is 11.8 Å². The summed E-state index contributed by atoms with van der Waals surface area (Å²) < 4.78 is 1.92. The van der Waals surface area contributed by atoms with E-state index in [4.69, 9.17) is 28.9 Å². The summed E-state index contributed by atoms with van der Waals surface area (Å²) in [7, 11) is 0. The van der Waals surface area contributed by atoms with Gasteiger partial charge in [0, 0.05) is 17.1 Å². The van der Waals surface area contributed by atoms with Crippen LogP contribution in [0.25, 0.3) is 11.8 Å². The van der Waals surface area contributed by atoms with E-state index in [-0.39, 0.29) is 16.2 Å². The number of amides is 2. The first-order valence-electron chi connectivity index (χ1n) is 9.87. The summed E-state index contributed by atoms with van der Waals surface area (Å²) in [4.78, 5) is 38.3. The number of para-hydroxylation sites is 1. The van der Waals surface area contributed by atoms with Crippen molar-refractivity contribution in [2.24, 2.45) is 0 Å². The van der Waals surface area contributed by atoms with Gasteiger partial charge < -0.3 is 9.67 Å². The number of hydrogen-bond acceptors (Lipinski definition) is 4. The van der Waals surface area contributed by atoms with Gasteiger partial charge in [-0.05, 0) is 80.2 Å². The Morgan fingerprint density at radius 1 is 1.09 bits per heavy atom. The molecule has 1 aliphatic rings. The van der Waals surface area contributed by atoms with Crippen molar-refractivity contribution < 1.29 is 19.5 Å². The van der Waals surface area contributed by atoms with Crippen molar-refractivity contribution in [2.75, 3.05) is 4.90 Å². The van der Waals surface area contributed by atoms with Crippen molar-refractivity contribution in [3.8, 4) is 5.69 Å². The summed E-state index contributed by atoms with van der Waals surface area (Å²) in [6.45, 7) is 3.74. The average molecular weight is 480 g/mol. The van der Waals surface area contributed by atoms with Crippen molar-refractivity contribution >= 4 is 58.5 Å². The van der Waals surface area contributed by atoms with E-state index in [1.165, 1.54) is 23.1 Å². The Balaban J connectivity index is 1.75. The zero-order valence-electron chi connectivity index (χ0n) is 17.6. The van der Waals surface area contributed by atoms with Crippen molar-refractivity contribution in [3.63, 3.8) is 0 Å². The summed E-state index contributed by atoms with van der Waals surface area (Å²) >= 11 is 11.5. The maximum absolute atomic E-state index is 13.3. The molecule has 1 aromatic heterocycles. The first-order chi connectivity index (χ1) is 15.7. The minimum Gasteiger partial charge on any atom is -0.478 e. The zero-order chi connectivity index (χ0) is 23.9. The molecule has 0 bridgehead atoms. The molecule has 1 aliphatic heterocycles. The minimum atomic E-state index is -1.00. The third-order valence-electron chi connectivity index (χ3n) is 5.34. The Morgan fingerprint density at radius 2 is 1.76 bits per heavy atom. The minimum absolute atomic E-state index is 0.0424. The smallest absolute Gasteiger partial charge is 0.335 e. The van der Waals surface area contributed by atoms with Gasteiger partial charge in [-0.1, -0.05) is 23.7 Å². The van der Waals surface area contributed by atoms with Crippen molar-refractivity contribution in [1.29, 1.82) is 0 Å². The molecule has 7 nitrogen and oxygen atoms in total. The van der Waals surface area contributed by atoms with E-state index in [0.717, 1.165) is 17.1 Å². The number of nitrogens with one attached hydrogen (secondary N) is 1. The van der Waals surface area contributed by atoms with Crippen LogP contribution in [0.15, 0.2) is 60.2 Å². The topological polar surface area (TPSA) is 91.6 Å². The second-order valence-corrected chi connectivity index (χ2v) is 8.22. The fraction of sp³-hybridized carbons (Fsp3) is 0.0833. The van der Waals surface area contributed by atoms with Gasteiger partial charge in [-0.15, -0.1) is 0 Å². The fourth-order valence-electron chi connectivity index (χ4n) is 3.75. The van der Waals surface area contributed by atoms with Gasteiger partial charge in [0.1, 0.15) is 5.57 Å². The lowest BCUT2D eigenvalue weighted by molar-refractivity contribution is -0.122. The number of halogens is 1. The molecule has 9 heteroatoms. The van der Waals surface area contributed by atoms with Crippen LogP contribution in [0.2, 0.25) is 5.02 Å². The van der Waals surface area contributed by atoms with Crippen LogP contribution in [-0.2, 0) is 9.59 Å². The highest BCUT2D eigenvalue weighted by molar-refractivity contribution is 7.80. The molecule has 166 valence electrons. The molecule has 0 unspecified atom stereocenters. The van der Waals surface area contributed by atoms with Gasteiger partial charge in [0.05, 0.1) is 16.3 Å². The number of anilines is 1. The Labute approximate surface area is 199 Å². The number of carbonyl (C=O) groups is 3. The Morgan fingerprint density at radius 3 is 2.39 bits per heavy atom. The zero-order valence-corrected chi connectivity index (χ0v) is 19.2. The molecular weight excluding hydrogens is 462 g/mol. The van der Waals surface area contributed by atoms with E-state index in [0.29, 0.717) is 16.3 Å². The number of aryl methyl sites for hydroxylation is 1. The number of aromatic nitrogens is 1. The highest BCUT2D eigenvalue weighted by atomic mass is 35.5. The van der Waals surface area contributed by atoms with Crippen LogP contribution in [0.3, 0.4) is 0 Å². The maximum Gasteiger partial charge on any atom is 0.335 e. The SMILES string of the molecule is Cc1cc(C=C2C(=O)NC(=S)N(c3ccccc3Cl)C2=O)c(C)n1-c1ccc(C(=O)O)cc1. The molecule has 2 N–H and O–H groups in total. The Hall–Kier alpha value is -3.75. The van der Waals surface area contributed by atoms with Crippen LogP contribution in [0.1, 0.15) is 27.3 Å². The molecular formula is C24H18ClN3O4S. The van der Waals surface area contributed by atoms with Gasteiger partial charge in [-0.25, -0.2) is 4.79 Å². The highest BCUT2D eigenvalue weighted by Gasteiger charge is 2.35. The van der Waals surface area contributed by atoms with Crippen molar-refractivity contribution in [2.45, 2.75) is 13.8 Å². The lowest BCUT2D eigenvalue weighted by Gasteiger charge is -2.29. The molecule has 3 aromatic rings. The van der Waals surface area contributed by atoms with Gasteiger partial charge >= 0.3 is 5.97 Å². The number of hydrogen-bond donors (Lipinski definition) is 2. The van der Waals surface area contributed by atoms with E-state index in [9.17, 15) is 14.4 Å². The second-order valence-electron chi connectivity index (χ2n) is 7.42. The van der Waals surface area contributed by atoms with Gasteiger partial charge in [-0.3, -0.25) is 19.8 Å². The third kappa shape index (κ3) is 4.06. The molecule has 0 saturated carbocycles. The summed E-state index contributed by atoms with van der Waals surface area (Å²) in [5.74, 6) is -2.17. The first kappa shape index (κ1) is 22.4. The Kier molecular flexibility index (Phi) is 5.88. The molecule has 1 fully saturated rings. The molecule has 2 heterocycles. The molecule has 33 heavy (non-hydrogen) atoms. The summed E-state index contributed by atoms with van der Waals surface area (Å²) in [6, 6.07) is 15.0. The lowest BCUT2D eigenvalue weighted by atomic mass is 10.1. The van der Waals surface area contributed by atoms with Gasteiger partial charge in [0.15, 0.2) is 5.11 Å². The number of benzene rings is 2. The highest BCUT2D eigenvalue weighted by Crippen LogP contribution is 2.30. The molecule has 0 aliphatic carbocycles. The molecule has 0 atom stereocenters. The largest absolute Gasteiger partial charge is 0.478 e. The van der Waals surface area contributed by atoms with Crippen LogP contribution in [-0.4, -0.2) is 32.6 Å². The van der Waals surface area contributed by atoms with Crippen LogP contribution in [0.5, 0.6) is 0 Å². The van der Waals surface area contributed by atoms with Crippen LogP contribution < -0.4 is 10.2 Å². The number of carboxylic acids is 1. The van der Waals surface area contributed by atoms with E-state index in [2.05, 4.69) is 5.32 Å². The first-order valence-corrected chi connectivity index (χ1v) is 10.7. The maximum atomic E-state index is 13.3. The van der Waals surface area contributed by atoms with E-state index < -0.39 is 17.8 Å². The van der Waals surface area contributed by atoms with Crippen molar-refractivity contribution in [1.82, 2.24) is 9.88 Å². The second kappa shape index (κ2) is 8.65. The molecule has 2 aromatic carbocycles. The molecule has 0 spiro atoms. The fourth-order valence-corrected chi connectivity index (χ4v) is 4.24. The normalized spacial score (nSPS) is 15.2. The number of nitrogens with zero attached hydrogens (tertiary/aromatic N) is 2. The van der Waals surface area contributed by atoms with Crippen LogP contribution in [0.4, 0.5) is 5.69 Å². The summed E-state index contributed by atoms with van der Waals surface area (Å²) in [5.41, 5.74) is 3.54. The Bertz CT molecular complexity index is 1360. The predicted octanol–water partition coefficient (Wildman–Crippen LogP) is 4.28. The van der Waals surface area contributed by atoms with Crippen LogP contribution >= 0.6 is 23.8 Å².